The maximum absolute atomic E-state index is 13.5. The van der Waals surface area contributed by atoms with E-state index in [9.17, 15) is 8.78 Å². The van der Waals surface area contributed by atoms with E-state index in [1.54, 1.807) is 24.2 Å². The van der Waals surface area contributed by atoms with Gasteiger partial charge in [0.15, 0.2) is 11.6 Å². The first-order chi connectivity index (χ1) is 15.1. The molecule has 1 saturated heterocycles. The van der Waals surface area contributed by atoms with Crippen LogP contribution in [-0.4, -0.2) is 8.80 Å². The largest absolute Gasteiger partial charge is 0.204 e. The van der Waals surface area contributed by atoms with Crippen molar-refractivity contribution >= 4 is 8.80 Å². The van der Waals surface area contributed by atoms with Crippen LogP contribution in [0.5, 0.6) is 0 Å². The van der Waals surface area contributed by atoms with Gasteiger partial charge in [0.25, 0.3) is 0 Å². The molecule has 0 radical (unpaired) electrons. The van der Waals surface area contributed by atoms with Gasteiger partial charge in [-0.1, -0.05) is 87.5 Å². The van der Waals surface area contributed by atoms with E-state index in [1.807, 2.05) is 0 Å². The predicted octanol–water partition coefficient (Wildman–Crippen LogP) is 8.73. The van der Waals surface area contributed by atoms with Gasteiger partial charge < -0.3 is 0 Å². The van der Waals surface area contributed by atoms with Crippen LogP contribution in [-0.2, 0) is 0 Å². The Kier molecular flexibility index (Phi) is 7.98. The summed E-state index contributed by atoms with van der Waals surface area (Å²) in [7, 11) is -0.393. The van der Waals surface area contributed by atoms with Gasteiger partial charge in [-0.25, -0.2) is 8.78 Å². The van der Waals surface area contributed by atoms with Crippen LogP contribution in [0.1, 0.15) is 76.2 Å². The summed E-state index contributed by atoms with van der Waals surface area (Å²) in [5.74, 6) is 1.06. The third-order valence-electron chi connectivity index (χ3n) is 8.18. The maximum atomic E-state index is 13.5. The van der Waals surface area contributed by atoms with Gasteiger partial charge in [-0.15, -0.1) is 0 Å². The zero-order chi connectivity index (χ0) is 21.6. The van der Waals surface area contributed by atoms with Crippen LogP contribution in [0.25, 0.3) is 11.1 Å². The van der Waals surface area contributed by atoms with Crippen LogP contribution in [0.15, 0.2) is 42.5 Å². The summed E-state index contributed by atoms with van der Waals surface area (Å²) in [5, 5.41) is 0. The van der Waals surface area contributed by atoms with Crippen molar-refractivity contribution in [3.05, 3.63) is 59.7 Å². The van der Waals surface area contributed by atoms with Crippen molar-refractivity contribution < 1.29 is 8.78 Å². The molecule has 0 amide bonds. The highest BCUT2D eigenvalue weighted by atomic mass is 28.3. The molecule has 1 heterocycles. The van der Waals surface area contributed by atoms with E-state index in [0.29, 0.717) is 5.92 Å². The molecule has 0 nitrogen and oxygen atoms in total. The first-order valence-corrected chi connectivity index (χ1v) is 15.1. The van der Waals surface area contributed by atoms with Gasteiger partial charge in [0.05, 0.1) is 0 Å². The lowest BCUT2D eigenvalue weighted by atomic mass is 9.72. The number of benzene rings is 2. The lowest BCUT2D eigenvalue weighted by Gasteiger charge is -2.37. The zero-order valence-electron chi connectivity index (χ0n) is 19.1. The minimum atomic E-state index is -0.788. The molecule has 1 saturated carbocycles. The minimum absolute atomic E-state index is 0.393. The van der Waals surface area contributed by atoms with Crippen molar-refractivity contribution in [3.8, 4) is 11.1 Å². The lowest BCUT2D eigenvalue weighted by molar-refractivity contribution is 0.216. The van der Waals surface area contributed by atoms with Crippen LogP contribution in [0.4, 0.5) is 8.78 Å². The normalized spacial score (nSPS) is 26.7. The molecular formula is C28H38F2Si. The summed E-state index contributed by atoms with van der Waals surface area (Å²) in [5.41, 5.74) is 3.11. The molecule has 0 atom stereocenters. The molecule has 168 valence electrons. The van der Waals surface area contributed by atoms with E-state index in [1.165, 1.54) is 75.5 Å². The second-order valence-corrected chi connectivity index (χ2v) is 13.6. The average Bonchev–Trinajstić information content (AvgIpc) is 2.82. The molecule has 2 aromatic carbocycles. The van der Waals surface area contributed by atoms with Crippen LogP contribution < -0.4 is 0 Å². The predicted molar refractivity (Wildman–Crippen MR) is 130 cm³/mol. The highest BCUT2D eigenvalue weighted by Gasteiger charge is 2.31. The number of rotatable bonds is 7. The van der Waals surface area contributed by atoms with Gasteiger partial charge in [-0.2, -0.15) is 0 Å². The van der Waals surface area contributed by atoms with Gasteiger partial charge in [-0.3, -0.25) is 0 Å². The van der Waals surface area contributed by atoms with Gasteiger partial charge in [0.2, 0.25) is 0 Å². The van der Waals surface area contributed by atoms with Crippen molar-refractivity contribution in [2.24, 2.45) is 11.8 Å². The van der Waals surface area contributed by atoms with E-state index < -0.39 is 20.4 Å². The maximum Gasteiger partial charge on any atom is 0.159 e. The smallest absolute Gasteiger partial charge is 0.159 e. The molecule has 0 aromatic heterocycles. The Bertz CT molecular complexity index is 815. The van der Waals surface area contributed by atoms with Crippen LogP contribution in [0.2, 0.25) is 18.1 Å². The zero-order valence-corrected chi connectivity index (χ0v) is 20.2. The summed E-state index contributed by atoms with van der Waals surface area (Å²) >= 11 is 0. The van der Waals surface area contributed by atoms with Gasteiger partial charge in [0.1, 0.15) is 0 Å². The second kappa shape index (κ2) is 10.9. The Labute approximate surface area is 189 Å². The molecule has 0 spiro atoms. The minimum Gasteiger partial charge on any atom is -0.204 e. The van der Waals surface area contributed by atoms with Gasteiger partial charge in [-0.05, 0) is 72.3 Å². The molecule has 0 bridgehead atoms. The molecule has 2 aliphatic rings. The number of hydrogen-bond donors (Lipinski definition) is 0. The Morgan fingerprint density at radius 1 is 0.742 bits per heavy atom. The molecule has 31 heavy (non-hydrogen) atoms. The van der Waals surface area contributed by atoms with Crippen LogP contribution in [0, 0.1) is 23.5 Å². The van der Waals surface area contributed by atoms with Crippen LogP contribution in [0.3, 0.4) is 0 Å². The first-order valence-electron chi connectivity index (χ1n) is 12.7. The molecule has 2 fully saturated rings. The summed E-state index contributed by atoms with van der Waals surface area (Å²) < 4.78 is 26.7. The third kappa shape index (κ3) is 5.86. The van der Waals surface area contributed by atoms with E-state index in [0.717, 1.165) is 23.0 Å². The van der Waals surface area contributed by atoms with Gasteiger partial charge >= 0.3 is 0 Å². The number of hydrogen-bond acceptors (Lipinski definition) is 0. The summed E-state index contributed by atoms with van der Waals surface area (Å²) in [6, 6.07) is 17.5. The highest BCUT2D eigenvalue weighted by Crippen LogP contribution is 2.43. The van der Waals surface area contributed by atoms with Crippen molar-refractivity contribution in [3.63, 3.8) is 0 Å². The standard InChI is InChI=1S/C28H38F2Si/c1-2-3-4-17-31-18-15-25(16-19-31)23-7-5-21(6-8-23)22-9-11-24(12-10-22)26-13-14-27(29)28(30)20-26/h9-14,20-21,23,25,31H,2-8,15-19H2,1H3. The fourth-order valence-corrected chi connectivity index (χ4v) is 9.71. The Balaban J connectivity index is 1.26. The topological polar surface area (TPSA) is 0 Å². The van der Waals surface area contributed by atoms with Crippen molar-refractivity contribution in [1.82, 2.24) is 0 Å². The summed E-state index contributed by atoms with van der Waals surface area (Å²) in [6.45, 7) is 2.32. The number of halogens is 2. The molecule has 1 aliphatic heterocycles. The summed E-state index contributed by atoms with van der Waals surface area (Å²) in [6.07, 6.45) is 12.8. The second-order valence-electron chi connectivity index (χ2n) is 10.1. The fraction of sp³-hybridized carbons (Fsp3) is 0.571. The third-order valence-corrected chi connectivity index (χ3v) is 11.7. The monoisotopic (exact) mass is 440 g/mol. The van der Waals surface area contributed by atoms with E-state index in [2.05, 4.69) is 31.2 Å². The Hall–Kier alpha value is -1.48. The van der Waals surface area contributed by atoms with Crippen molar-refractivity contribution in [2.75, 3.05) is 0 Å². The Morgan fingerprint density at radius 2 is 1.39 bits per heavy atom. The lowest BCUT2D eigenvalue weighted by Crippen LogP contribution is -2.28. The molecule has 0 unspecified atom stereocenters. The van der Waals surface area contributed by atoms with Crippen LogP contribution >= 0.6 is 0 Å². The molecule has 4 rings (SSSR count). The SMILES string of the molecule is CCCCC[SiH]1CCC(C2CCC(c3ccc(-c4ccc(F)c(F)c4)cc3)CC2)CC1. The molecule has 1 aliphatic carbocycles. The highest BCUT2D eigenvalue weighted by molar-refractivity contribution is 6.58. The molecular weight excluding hydrogens is 402 g/mol. The average molecular weight is 441 g/mol. The molecule has 2 aromatic rings. The van der Waals surface area contributed by atoms with E-state index in [-0.39, 0.29) is 0 Å². The van der Waals surface area contributed by atoms with Crippen molar-refractivity contribution in [2.45, 2.75) is 88.8 Å². The first kappa shape index (κ1) is 22.7. The molecule has 0 N–H and O–H groups in total. The fourth-order valence-electron chi connectivity index (χ4n) is 6.18. The van der Waals surface area contributed by atoms with E-state index in [4.69, 9.17) is 0 Å². The summed E-state index contributed by atoms with van der Waals surface area (Å²) in [4.78, 5) is 0. The van der Waals surface area contributed by atoms with Gasteiger partial charge in [0, 0.05) is 8.80 Å². The van der Waals surface area contributed by atoms with E-state index >= 15 is 0 Å². The quantitative estimate of drug-likeness (QED) is 0.298. The molecule has 3 heteroatoms. The van der Waals surface area contributed by atoms with Crippen molar-refractivity contribution in [1.29, 1.82) is 0 Å². The Morgan fingerprint density at radius 3 is 2.03 bits per heavy atom. The number of unbranched alkanes of at least 4 members (excludes halogenated alkanes) is 2.